The van der Waals surface area contributed by atoms with Gasteiger partial charge >= 0.3 is 5.97 Å². The van der Waals surface area contributed by atoms with Crippen molar-refractivity contribution in [3.05, 3.63) is 22.3 Å². The van der Waals surface area contributed by atoms with Gasteiger partial charge in [-0.25, -0.2) is 18.4 Å². The number of esters is 1. The van der Waals surface area contributed by atoms with Gasteiger partial charge in [0.2, 0.25) is 0 Å². The highest BCUT2D eigenvalue weighted by Crippen LogP contribution is 2.23. The minimum absolute atomic E-state index is 0.00833. The number of methoxy groups -OCH3 is 1. The lowest BCUT2D eigenvalue weighted by Gasteiger charge is -2.01. The van der Waals surface area contributed by atoms with Crippen molar-refractivity contribution in [2.24, 2.45) is 0 Å². The van der Waals surface area contributed by atoms with E-state index in [-0.39, 0.29) is 15.8 Å². The predicted octanol–water partition coefficient (Wildman–Crippen LogP) is 1.42. The van der Waals surface area contributed by atoms with E-state index in [2.05, 4.69) is 19.4 Å². The zero-order valence-electron chi connectivity index (χ0n) is 10.6. The third-order valence-electron chi connectivity index (χ3n) is 2.19. The van der Waals surface area contributed by atoms with Crippen molar-refractivity contribution in [1.82, 2.24) is 9.97 Å². The number of thiazole rings is 2. The molecule has 7 nitrogen and oxygen atoms in total. The lowest BCUT2D eigenvalue weighted by atomic mass is 10.3. The van der Waals surface area contributed by atoms with Crippen LogP contribution in [-0.4, -0.2) is 31.5 Å². The molecular formula is C10H11N3O4S3. The van der Waals surface area contributed by atoms with Crippen LogP contribution in [0.1, 0.15) is 10.7 Å². The molecule has 2 aromatic heterocycles. The molecule has 0 aliphatic heterocycles. The van der Waals surface area contributed by atoms with Gasteiger partial charge in [0.15, 0.2) is 9.34 Å². The molecule has 1 N–H and O–H groups in total. The van der Waals surface area contributed by atoms with E-state index in [1.165, 1.54) is 13.3 Å². The summed E-state index contributed by atoms with van der Waals surface area (Å²) in [6, 6.07) is 0. The van der Waals surface area contributed by atoms with E-state index in [0.717, 1.165) is 22.7 Å². The molecule has 2 rings (SSSR count). The zero-order chi connectivity index (χ0) is 14.8. The molecule has 0 atom stereocenters. The van der Waals surface area contributed by atoms with Gasteiger partial charge in [0.25, 0.3) is 10.0 Å². The van der Waals surface area contributed by atoms with E-state index >= 15 is 0 Å². The van der Waals surface area contributed by atoms with Crippen LogP contribution in [0.15, 0.2) is 15.8 Å². The number of aromatic nitrogens is 2. The second kappa shape index (κ2) is 5.85. The van der Waals surface area contributed by atoms with Crippen LogP contribution < -0.4 is 4.72 Å². The van der Waals surface area contributed by atoms with Crippen molar-refractivity contribution >= 4 is 43.8 Å². The Balaban J connectivity index is 2.12. The van der Waals surface area contributed by atoms with E-state index in [1.807, 2.05) is 0 Å². The molecule has 0 fully saturated rings. The number of ether oxygens (including phenoxy) is 1. The number of carbonyl (C=O) groups is 1. The Morgan fingerprint density at radius 1 is 1.50 bits per heavy atom. The average Bonchev–Trinajstić information content (AvgIpc) is 2.98. The first-order chi connectivity index (χ1) is 9.40. The quantitative estimate of drug-likeness (QED) is 0.831. The maximum Gasteiger partial charge on any atom is 0.311 e. The largest absolute Gasteiger partial charge is 0.469 e. The average molecular weight is 333 g/mol. The topological polar surface area (TPSA) is 98.2 Å². The normalized spacial score (nSPS) is 11.3. The molecule has 0 radical (unpaired) electrons. The number of nitrogens with zero attached hydrogens (tertiary/aromatic N) is 2. The highest BCUT2D eigenvalue weighted by molar-refractivity contribution is 7.94. The number of aryl methyl sites for hydroxylation is 1. The van der Waals surface area contributed by atoms with Crippen molar-refractivity contribution in [2.45, 2.75) is 17.6 Å². The van der Waals surface area contributed by atoms with Crippen LogP contribution in [0, 0.1) is 6.92 Å². The van der Waals surface area contributed by atoms with Crippen LogP contribution in [-0.2, 0) is 26.0 Å². The van der Waals surface area contributed by atoms with Gasteiger partial charge in [-0.1, -0.05) is 0 Å². The number of sulfonamides is 1. The summed E-state index contributed by atoms with van der Waals surface area (Å²) in [6.07, 6.45) is 1.31. The summed E-state index contributed by atoms with van der Waals surface area (Å²) in [7, 11) is -2.39. The van der Waals surface area contributed by atoms with Crippen LogP contribution in [0.25, 0.3) is 0 Å². The Morgan fingerprint density at radius 3 is 2.85 bits per heavy atom. The molecular weight excluding hydrogens is 322 g/mol. The van der Waals surface area contributed by atoms with Gasteiger partial charge in [-0.15, -0.1) is 22.7 Å². The molecule has 0 bridgehead atoms. The van der Waals surface area contributed by atoms with E-state index in [9.17, 15) is 13.2 Å². The molecule has 0 aromatic carbocycles. The number of carbonyl (C=O) groups excluding carboxylic acids is 1. The molecule has 2 heterocycles. The highest BCUT2D eigenvalue weighted by Gasteiger charge is 2.19. The van der Waals surface area contributed by atoms with Crippen molar-refractivity contribution in [2.75, 3.05) is 11.8 Å². The van der Waals surface area contributed by atoms with Crippen LogP contribution in [0.4, 0.5) is 5.13 Å². The molecule has 0 amide bonds. The number of hydrogen-bond donors (Lipinski definition) is 1. The van der Waals surface area contributed by atoms with Gasteiger partial charge in [0, 0.05) is 5.38 Å². The summed E-state index contributed by atoms with van der Waals surface area (Å²) >= 11 is 2.18. The molecule has 0 spiro atoms. The Bertz CT molecular complexity index is 720. The van der Waals surface area contributed by atoms with E-state index in [0.29, 0.717) is 10.7 Å². The van der Waals surface area contributed by atoms with Gasteiger partial charge < -0.3 is 4.74 Å². The van der Waals surface area contributed by atoms with Crippen molar-refractivity contribution in [1.29, 1.82) is 0 Å². The van der Waals surface area contributed by atoms with Crippen molar-refractivity contribution < 1.29 is 17.9 Å². The minimum atomic E-state index is -3.68. The van der Waals surface area contributed by atoms with Crippen molar-refractivity contribution in [3.63, 3.8) is 0 Å². The molecule has 0 saturated heterocycles. The van der Waals surface area contributed by atoms with Crippen LogP contribution in [0.2, 0.25) is 0 Å². The third kappa shape index (κ3) is 3.52. The molecule has 0 aliphatic rings. The SMILES string of the molecule is COC(=O)Cc1csc(NS(=O)(=O)c2cnc(C)s2)n1. The maximum atomic E-state index is 12.0. The van der Waals surface area contributed by atoms with Gasteiger partial charge in [-0.3, -0.25) is 9.52 Å². The Kier molecular flexibility index (Phi) is 4.35. The predicted molar refractivity (Wildman–Crippen MR) is 75.5 cm³/mol. The van der Waals surface area contributed by atoms with E-state index in [1.54, 1.807) is 12.3 Å². The third-order valence-corrected chi connectivity index (χ3v) is 5.84. The molecule has 2 aromatic rings. The van der Waals surface area contributed by atoms with Gasteiger partial charge in [-0.05, 0) is 6.92 Å². The van der Waals surface area contributed by atoms with E-state index < -0.39 is 16.0 Å². The standard InChI is InChI=1S/C10H11N3O4S3/c1-6-11-4-9(19-6)20(15,16)13-10-12-7(5-18-10)3-8(14)17-2/h4-5H,3H2,1-2H3,(H,12,13). The molecule has 0 unspecified atom stereocenters. The fourth-order valence-corrected chi connectivity index (χ4v) is 4.36. The second-order valence-electron chi connectivity index (χ2n) is 3.70. The smallest absolute Gasteiger partial charge is 0.311 e. The number of hydrogen-bond acceptors (Lipinski definition) is 8. The summed E-state index contributed by atoms with van der Waals surface area (Å²) in [4.78, 5) is 19.0. The molecule has 20 heavy (non-hydrogen) atoms. The first-order valence-electron chi connectivity index (χ1n) is 5.37. The number of anilines is 1. The second-order valence-corrected chi connectivity index (χ2v) is 7.70. The molecule has 108 valence electrons. The summed E-state index contributed by atoms with van der Waals surface area (Å²) in [6.45, 7) is 1.72. The van der Waals surface area contributed by atoms with Crippen LogP contribution >= 0.6 is 22.7 Å². The van der Waals surface area contributed by atoms with Crippen molar-refractivity contribution in [3.8, 4) is 0 Å². The van der Waals surface area contributed by atoms with E-state index in [4.69, 9.17) is 0 Å². The first-order valence-corrected chi connectivity index (χ1v) is 8.55. The lowest BCUT2D eigenvalue weighted by Crippen LogP contribution is -2.11. The minimum Gasteiger partial charge on any atom is -0.469 e. The summed E-state index contributed by atoms with van der Waals surface area (Å²) < 4.78 is 31.1. The van der Waals surface area contributed by atoms with Gasteiger partial charge in [0.05, 0.1) is 30.4 Å². The van der Waals surface area contributed by atoms with Gasteiger partial charge in [-0.2, -0.15) is 0 Å². The first kappa shape index (κ1) is 14.9. The fourth-order valence-electron chi connectivity index (χ4n) is 1.29. The lowest BCUT2D eigenvalue weighted by molar-refractivity contribution is -0.139. The fraction of sp³-hybridized carbons (Fsp3) is 0.300. The zero-order valence-corrected chi connectivity index (χ0v) is 13.1. The van der Waals surface area contributed by atoms with Gasteiger partial charge in [0.1, 0.15) is 0 Å². The Labute approximate surface area is 123 Å². The molecule has 0 saturated carbocycles. The van der Waals surface area contributed by atoms with Crippen LogP contribution in [0.5, 0.6) is 0 Å². The van der Waals surface area contributed by atoms with Crippen LogP contribution in [0.3, 0.4) is 0 Å². The Morgan fingerprint density at radius 2 is 2.25 bits per heavy atom. The molecule has 10 heteroatoms. The maximum absolute atomic E-state index is 12.0. The monoisotopic (exact) mass is 333 g/mol. The summed E-state index contributed by atoms with van der Waals surface area (Å²) in [5.74, 6) is -0.428. The number of nitrogens with one attached hydrogen (secondary N) is 1. The Hall–Kier alpha value is -1.52. The number of rotatable bonds is 5. The summed E-state index contributed by atoms with van der Waals surface area (Å²) in [5.41, 5.74) is 0.458. The summed E-state index contributed by atoms with van der Waals surface area (Å²) in [5, 5.41) is 2.47. The highest BCUT2D eigenvalue weighted by atomic mass is 32.2. The molecule has 0 aliphatic carbocycles.